The second kappa shape index (κ2) is 11.7. The standard InChI is InChI=1S/C23H18Cl2N4O4/c24-16-6-8-18(9-7-16)27-21(30)14-33-20-10-4-15(5-11-20)13-26-29-23(32)22(31)28-19-3-1-2-17(25)12-19/h1-13H,14H2,(H,27,30)(H,28,31)(H,29,32)/b26-13-. The Morgan fingerprint density at radius 2 is 1.55 bits per heavy atom. The number of hydrogen-bond acceptors (Lipinski definition) is 5. The quantitative estimate of drug-likeness (QED) is 0.266. The molecule has 0 aliphatic heterocycles. The van der Waals surface area contributed by atoms with Gasteiger partial charge < -0.3 is 15.4 Å². The predicted molar refractivity (Wildman–Crippen MR) is 128 cm³/mol. The summed E-state index contributed by atoms with van der Waals surface area (Å²) in [6, 6.07) is 19.8. The van der Waals surface area contributed by atoms with Crippen LogP contribution in [0.25, 0.3) is 0 Å². The zero-order valence-electron chi connectivity index (χ0n) is 17.0. The molecule has 33 heavy (non-hydrogen) atoms. The van der Waals surface area contributed by atoms with E-state index in [-0.39, 0.29) is 12.5 Å². The molecule has 3 N–H and O–H groups in total. The van der Waals surface area contributed by atoms with Gasteiger partial charge in [0.1, 0.15) is 5.75 Å². The number of carbonyl (C=O) groups excluding carboxylic acids is 3. The average Bonchev–Trinajstić information content (AvgIpc) is 2.80. The molecule has 0 fully saturated rings. The van der Waals surface area contributed by atoms with Crippen molar-refractivity contribution in [3.05, 3.63) is 88.4 Å². The smallest absolute Gasteiger partial charge is 0.329 e. The molecule has 168 valence electrons. The maximum absolute atomic E-state index is 12.0. The monoisotopic (exact) mass is 484 g/mol. The molecule has 3 rings (SSSR count). The summed E-state index contributed by atoms with van der Waals surface area (Å²) in [6.45, 7) is -0.173. The predicted octanol–water partition coefficient (Wildman–Crippen LogP) is 4.10. The van der Waals surface area contributed by atoms with Crippen LogP contribution in [0, 0.1) is 0 Å². The Hall–Kier alpha value is -3.88. The first kappa shape index (κ1) is 23.8. The van der Waals surface area contributed by atoms with Crippen LogP contribution in [0.1, 0.15) is 5.56 Å². The Balaban J connectivity index is 1.42. The van der Waals surface area contributed by atoms with Gasteiger partial charge in [0.25, 0.3) is 5.91 Å². The van der Waals surface area contributed by atoms with Gasteiger partial charge in [-0.25, -0.2) is 5.43 Å². The van der Waals surface area contributed by atoms with Gasteiger partial charge in [-0.15, -0.1) is 0 Å². The molecule has 0 radical (unpaired) electrons. The van der Waals surface area contributed by atoms with Crippen LogP contribution < -0.4 is 20.8 Å². The third kappa shape index (κ3) is 7.95. The Morgan fingerprint density at radius 1 is 0.818 bits per heavy atom. The zero-order chi connectivity index (χ0) is 23.6. The summed E-state index contributed by atoms with van der Waals surface area (Å²) in [5.74, 6) is -1.65. The van der Waals surface area contributed by atoms with Crippen LogP contribution in [0.3, 0.4) is 0 Å². The lowest BCUT2D eigenvalue weighted by atomic mass is 10.2. The average molecular weight is 485 g/mol. The minimum absolute atomic E-state index is 0.173. The fourth-order valence-electron chi connectivity index (χ4n) is 2.50. The van der Waals surface area contributed by atoms with Crippen molar-refractivity contribution in [2.45, 2.75) is 0 Å². The third-order valence-electron chi connectivity index (χ3n) is 4.05. The first-order chi connectivity index (χ1) is 15.9. The molecule has 0 aliphatic rings. The van der Waals surface area contributed by atoms with Gasteiger partial charge in [0.2, 0.25) is 0 Å². The van der Waals surface area contributed by atoms with Crippen LogP contribution >= 0.6 is 23.2 Å². The highest BCUT2D eigenvalue weighted by atomic mass is 35.5. The zero-order valence-corrected chi connectivity index (χ0v) is 18.6. The van der Waals surface area contributed by atoms with Crippen molar-refractivity contribution < 1.29 is 19.1 Å². The topological polar surface area (TPSA) is 109 Å². The number of benzene rings is 3. The van der Waals surface area contributed by atoms with Crippen LogP contribution in [0.2, 0.25) is 10.0 Å². The largest absolute Gasteiger partial charge is 0.484 e. The highest BCUT2D eigenvalue weighted by molar-refractivity contribution is 6.39. The van der Waals surface area contributed by atoms with Crippen LogP contribution in [-0.2, 0) is 14.4 Å². The number of nitrogens with zero attached hydrogens (tertiary/aromatic N) is 1. The summed E-state index contributed by atoms with van der Waals surface area (Å²) in [7, 11) is 0. The molecule has 0 atom stereocenters. The minimum Gasteiger partial charge on any atom is -0.484 e. The fourth-order valence-corrected chi connectivity index (χ4v) is 2.82. The number of hydrazone groups is 1. The first-order valence-corrected chi connectivity index (χ1v) is 10.3. The second-order valence-electron chi connectivity index (χ2n) is 6.58. The van der Waals surface area contributed by atoms with Crippen LogP contribution in [0.5, 0.6) is 5.75 Å². The molecule has 3 aromatic rings. The SMILES string of the molecule is O=C(COc1ccc(/C=N\NC(=O)C(=O)Nc2cccc(Cl)c2)cc1)Nc1ccc(Cl)cc1. The highest BCUT2D eigenvalue weighted by Gasteiger charge is 2.12. The molecule has 0 spiro atoms. The van der Waals surface area contributed by atoms with Crippen molar-refractivity contribution >= 4 is 58.5 Å². The normalized spacial score (nSPS) is 10.5. The molecule has 0 bridgehead atoms. The molecule has 3 amide bonds. The van der Waals surface area contributed by atoms with E-state index in [0.29, 0.717) is 32.7 Å². The lowest BCUT2D eigenvalue weighted by molar-refractivity contribution is -0.136. The lowest BCUT2D eigenvalue weighted by Crippen LogP contribution is -2.32. The van der Waals surface area contributed by atoms with Crippen LogP contribution in [0.4, 0.5) is 11.4 Å². The summed E-state index contributed by atoms with van der Waals surface area (Å²) in [5, 5.41) is 9.87. The summed E-state index contributed by atoms with van der Waals surface area (Å²) < 4.78 is 5.44. The van der Waals surface area contributed by atoms with Gasteiger partial charge in [0, 0.05) is 21.4 Å². The van der Waals surface area contributed by atoms with Crippen molar-refractivity contribution in [2.24, 2.45) is 5.10 Å². The number of nitrogens with one attached hydrogen (secondary N) is 3. The van der Waals surface area contributed by atoms with Gasteiger partial charge in [-0.05, 0) is 72.3 Å². The van der Waals surface area contributed by atoms with Crippen molar-refractivity contribution in [3.63, 3.8) is 0 Å². The second-order valence-corrected chi connectivity index (χ2v) is 7.45. The maximum atomic E-state index is 12.0. The number of amides is 3. The van der Waals surface area contributed by atoms with Crippen molar-refractivity contribution in [1.29, 1.82) is 0 Å². The molecule has 0 unspecified atom stereocenters. The van der Waals surface area contributed by atoms with Gasteiger partial charge in [-0.3, -0.25) is 14.4 Å². The summed E-state index contributed by atoms with van der Waals surface area (Å²) in [6.07, 6.45) is 1.36. The number of anilines is 2. The number of carbonyl (C=O) groups is 3. The summed E-state index contributed by atoms with van der Waals surface area (Å²) >= 11 is 11.6. The van der Waals surface area contributed by atoms with E-state index in [9.17, 15) is 14.4 Å². The maximum Gasteiger partial charge on any atom is 0.329 e. The van der Waals surface area contributed by atoms with E-state index in [1.54, 1.807) is 66.7 Å². The van der Waals surface area contributed by atoms with E-state index in [2.05, 4.69) is 21.2 Å². The third-order valence-corrected chi connectivity index (χ3v) is 4.53. The fraction of sp³-hybridized carbons (Fsp3) is 0.0435. The number of halogens is 2. The highest BCUT2D eigenvalue weighted by Crippen LogP contribution is 2.15. The Morgan fingerprint density at radius 3 is 2.24 bits per heavy atom. The first-order valence-electron chi connectivity index (χ1n) is 9.57. The molecule has 8 nitrogen and oxygen atoms in total. The van der Waals surface area contributed by atoms with E-state index >= 15 is 0 Å². The van der Waals surface area contributed by atoms with Gasteiger partial charge in [0.05, 0.1) is 6.21 Å². The number of rotatable bonds is 7. The van der Waals surface area contributed by atoms with Gasteiger partial charge in [-0.2, -0.15) is 5.10 Å². The number of ether oxygens (including phenoxy) is 1. The van der Waals surface area contributed by atoms with E-state index in [0.717, 1.165) is 0 Å². The summed E-state index contributed by atoms with van der Waals surface area (Å²) in [4.78, 5) is 35.7. The van der Waals surface area contributed by atoms with E-state index in [1.165, 1.54) is 12.3 Å². The molecule has 10 heteroatoms. The van der Waals surface area contributed by atoms with E-state index < -0.39 is 11.8 Å². The van der Waals surface area contributed by atoms with Crippen LogP contribution in [-0.4, -0.2) is 30.5 Å². The van der Waals surface area contributed by atoms with E-state index in [1.807, 2.05) is 0 Å². The molecule has 0 saturated carbocycles. The molecular formula is C23H18Cl2N4O4. The lowest BCUT2D eigenvalue weighted by Gasteiger charge is -2.08. The molecule has 0 aromatic heterocycles. The molecule has 0 saturated heterocycles. The molecule has 0 heterocycles. The van der Waals surface area contributed by atoms with Crippen molar-refractivity contribution in [3.8, 4) is 5.75 Å². The molecule has 0 aliphatic carbocycles. The molecular weight excluding hydrogens is 467 g/mol. The van der Waals surface area contributed by atoms with Crippen molar-refractivity contribution in [1.82, 2.24) is 5.43 Å². The van der Waals surface area contributed by atoms with Crippen LogP contribution in [0.15, 0.2) is 77.9 Å². The Bertz CT molecular complexity index is 1170. The van der Waals surface area contributed by atoms with Crippen molar-refractivity contribution in [2.75, 3.05) is 17.2 Å². The van der Waals surface area contributed by atoms with Gasteiger partial charge >= 0.3 is 11.8 Å². The van der Waals surface area contributed by atoms with Gasteiger partial charge in [-0.1, -0.05) is 29.3 Å². The Labute approximate surface area is 199 Å². The Kier molecular flexibility index (Phi) is 8.40. The molecule has 3 aromatic carbocycles. The van der Waals surface area contributed by atoms with E-state index in [4.69, 9.17) is 27.9 Å². The number of hydrogen-bond donors (Lipinski definition) is 3. The summed E-state index contributed by atoms with van der Waals surface area (Å²) in [5.41, 5.74) is 3.79. The minimum atomic E-state index is -0.933. The van der Waals surface area contributed by atoms with Gasteiger partial charge in [0.15, 0.2) is 6.61 Å².